The molecule has 34 heavy (non-hydrogen) atoms. The summed E-state index contributed by atoms with van der Waals surface area (Å²) in [5.41, 5.74) is -2.17. The lowest BCUT2D eigenvalue weighted by Gasteiger charge is -2.35. The molecule has 4 heterocycles. The van der Waals surface area contributed by atoms with Crippen LogP contribution in [0.5, 0.6) is 0 Å². The van der Waals surface area contributed by atoms with Crippen LogP contribution in [-0.2, 0) is 0 Å². The summed E-state index contributed by atoms with van der Waals surface area (Å²) in [7, 11) is 0. The Hall–Kier alpha value is -4.68. The lowest BCUT2D eigenvalue weighted by Crippen LogP contribution is -2.50. The van der Waals surface area contributed by atoms with Crippen molar-refractivity contribution in [1.29, 1.82) is 0 Å². The number of aromatic nitrogens is 7. The van der Waals surface area contributed by atoms with Gasteiger partial charge in [-0.3, -0.25) is 9.59 Å². The molecule has 172 valence electrons. The van der Waals surface area contributed by atoms with E-state index in [1.54, 1.807) is 12.1 Å². The summed E-state index contributed by atoms with van der Waals surface area (Å²) >= 11 is 0. The van der Waals surface area contributed by atoms with Crippen molar-refractivity contribution in [2.45, 2.75) is 0 Å². The van der Waals surface area contributed by atoms with Crippen molar-refractivity contribution in [2.75, 3.05) is 31.1 Å². The first kappa shape index (κ1) is 21.2. The number of anilines is 1. The van der Waals surface area contributed by atoms with E-state index in [4.69, 9.17) is 0 Å². The van der Waals surface area contributed by atoms with Crippen molar-refractivity contribution in [3.05, 3.63) is 87.5 Å². The van der Waals surface area contributed by atoms with Gasteiger partial charge in [0.05, 0.1) is 5.69 Å². The van der Waals surface area contributed by atoms with Gasteiger partial charge in [-0.15, -0.1) is 10.2 Å². The van der Waals surface area contributed by atoms with Gasteiger partial charge in [0.25, 0.3) is 11.5 Å². The van der Waals surface area contributed by atoms with Gasteiger partial charge in [-0.2, -0.15) is 5.10 Å². The smallest absolute Gasteiger partial charge is 0.333 e. The van der Waals surface area contributed by atoms with Crippen LogP contribution in [0.3, 0.4) is 0 Å². The number of para-hydroxylation sites is 1. The highest BCUT2D eigenvalue weighted by Gasteiger charge is 2.26. The van der Waals surface area contributed by atoms with Crippen molar-refractivity contribution < 1.29 is 9.18 Å². The van der Waals surface area contributed by atoms with Gasteiger partial charge in [0.15, 0.2) is 11.6 Å². The lowest BCUT2D eigenvalue weighted by atomic mass is 10.2. The van der Waals surface area contributed by atoms with E-state index >= 15 is 0 Å². The topological polar surface area (TPSA) is 135 Å². The highest BCUT2D eigenvalue weighted by molar-refractivity contribution is 5.93. The molecular weight excluding hydrogens is 445 g/mol. The molecule has 12 nitrogen and oxygen atoms in total. The second-order valence-corrected chi connectivity index (χ2v) is 7.47. The van der Waals surface area contributed by atoms with E-state index in [0.29, 0.717) is 42.4 Å². The summed E-state index contributed by atoms with van der Waals surface area (Å²) in [6.45, 7) is 1.58. The number of carbonyl (C=O) groups is 1. The average molecular weight is 463 g/mol. The van der Waals surface area contributed by atoms with Gasteiger partial charge < -0.3 is 14.8 Å². The van der Waals surface area contributed by atoms with E-state index in [-0.39, 0.29) is 11.3 Å². The Morgan fingerprint density at radius 1 is 0.971 bits per heavy atom. The van der Waals surface area contributed by atoms with Crippen LogP contribution in [0.25, 0.3) is 11.5 Å². The minimum absolute atomic E-state index is 0.221. The van der Waals surface area contributed by atoms with Crippen LogP contribution in [0.4, 0.5) is 10.2 Å². The zero-order chi connectivity index (χ0) is 23.7. The highest BCUT2D eigenvalue weighted by atomic mass is 19.1. The van der Waals surface area contributed by atoms with Gasteiger partial charge in [0, 0.05) is 32.4 Å². The van der Waals surface area contributed by atoms with Crippen molar-refractivity contribution >= 4 is 11.7 Å². The molecule has 1 saturated heterocycles. The Kier molecular flexibility index (Phi) is 5.41. The number of nitrogens with one attached hydrogen (secondary N) is 1. The van der Waals surface area contributed by atoms with Gasteiger partial charge in [-0.25, -0.2) is 23.4 Å². The Bertz CT molecular complexity index is 1440. The SMILES string of the molecule is O=C(c1c[nH]c(=O)n(-c2ccccc2F)c1=O)N1CCN(c2ccc(-n3cncn3)nn2)CC1. The van der Waals surface area contributed by atoms with Gasteiger partial charge in [-0.05, 0) is 24.3 Å². The minimum Gasteiger partial charge on any atom is -0.352 e. The molecule has 0 atom stereocenters. The predicted molar refractivity (Wildman–Crippen MR) is 118 cm³/mol. The van der Waals surface area contributed by atoms with E-state index in [2.05, 4.69) is 25.3 Å². The molecule has 0 aliphatic carbocycles. The first-order chi connectivity index (χ1) is 16.5. The van der Waals surface area contributed by atoms with Gasteiger partial charge >= 0.3 is 5.69 Å². The first-order valence-electron chi connectivity index (χ1n) is 10.4. The molecular formula is C21H18FN9O3. The molecule has 1 aliphatic heterocycles. The number of benzene rings is 1. The normalized spacial score (nSPS) is 13.8. The molecule has 1 aliphatic rings. The summed E-state index contributed by atoms with van der Waals surface area (Å²) in [4.78, 5) is 47.9. The van der Waals surface area contributed by atoms with Crippen LogP contribution in [0.2, 0.25) is 0 Å². The Balaban J connectivity index is 1.32. The summed E-state index contributed by atoms with van der Waals surface area (Å²) < 4.78 is 16.3. The predicted octanol–water partition coefficient (Wildman–Crippen LogP) is -0.00200. The molecule has 1 aromatic carbocycles. The molecule has 0 spiro atoms. The van der Waals surface area contributed by atoms with Crippen LogP contribution in [0, 0.1) is 5.82 Å². The van der Waals surface area contributed by atoms with Crippen LogP contribution in [0.1, 0.15) is 10.4 Å². The molecule has 3 aromatic heterocycles. The number of hydrogen-bond acceptors (Lipinski definition) is 8. The second-order valence-electron chi connectivity index (χ2n) is 7.47. The van der Waals surface area contributed by atoms with Crippen molar-refractivity contribution in [3.8, 4) is 11.5 Å². The number of nitrogens with zero attached hydrogens (tertiary/aromatic N) is 8. The minimum atomic E-state index is -0.879. The maximum atomic E-state index is 14.2. The summed E-state index contributed by atoms with van der Waals surface area (Å²) in [5, 5.41) is 12.4. The number of H-pyrrole nitrogens is 1. The van der Waals surface area contributed by atoms with Crippen molar-refractivity contribution in [1.82, 2.24) is 39.4 Å². The molecule has 4 aromatic rings. The van der Waals surface area contributed by atoms with E-state index < -0.39 is 23.0 Å². The maximum Gasteiger partial charge on any atom is 0.333 e. The third kappa shape index (κ3) is 3.83. The van der Waals surface area contributed by atoms with Crippen molar-refractivity contribution in [3.63, 3.8) is 0 Å². The number of rotatable bonds is 4. The fraction of sp³-hybridized carbons (Fsp3) is 0.190. The Morgan fingerprint density at radius 2 is 1.71 bits per heavy atom. The number of aromatic amines is 1. The first-order valence-corrected chi connectivity index (χ1v) is 10.4. The van der Waals surface area contributed by atoms with Gasteiger partial charge in [0.1, 0.15) is 24.0 Å². The summed E-state index contributed by atoms with van der Waals surface area (Å²) in [6, 6.07) is 8.94. The molecule has 0 radical (unpaired) electrons. The molecule has 13 heteroatoms. The zero-order valence-corrected chi connectivity index (χ0v) is 17.7. The molecule has 0 saturated carbocycles. The van der Waals surface area contributed by atoms with Crippen LogP contribution >= 0.6 is 0 Å². The fourth-order valence-electron chi connectivity index (χ4n) is 3.72. The molecule has 0 unspecified atom stereocenters. The number of halogens is 1. The quantitative estimate of drug-likeness (QED) is 0.447. The van der Waals surface area contributed by atoms with Crippen LogP contribution in [0.15, 0.2) is 64.8 Å². The summed E-state index contributed by atoms with van der Waals surface area (Å²) in [5.74, 6) is -0.121. The van der Waals surface area contributed by atoms with Crippen LogP contribution < -0.4 is 16.1 Å². The number of amides is 1. The highest BCUT2D eigenvalue weighted by Crippen LogP contribution is 2.15. The van der Waals surface area contributed by atoms with Gasteiger partial charge in [-0.1, -0.05) is 12.1 Å². The van der Waals surface area contributed by atoms with Gasteiger partial charge in [0.2, 0.25) is 0 Å². The summed E-state index contributed by atoms with van der Waals surface area (Å²) in [6.07, 6.45) is 4.00. The Morgan fingerprint density at radius 3 is 2.38 bits per heavy atom. The average Bonchev–Trinajstić information content (AvgIpc) is 3.40. The standard InChI is InChI=1S/C21H18FN9O3/c22-15-3-1-2-4-16(15)31-20(33)14(11-24-21(31)34)19(32)29-9-7-28(8-10-29)17-5-6-18(27-26-17)30-13-23-12-25-30/h1-6,11-13H,7-10H2,(H,24,34). The Labute approximate surface area is 190 Å². The second kappa shape index (κ2) is 8.69. The molecule has 5 rings (SSSR count). The number of carbonyl (C=O) groups excluding carboxylic acids is 1. The monoisotopic (exact) mass is 463 g/mol. The van der Waals surface area contributed by atoms with E-state index in [1.807, 2.05) is 4.90 Å². The number of piperazine rings is 1. The largest absolute Gasteiger partial charge is 0.352 e. The molecule has 1 fully saturated rings. The lowest BCUT2D eigenvalue weighted by molar-refractivity contribution is 0.0743. The van der Waals surface area contributed by atoms with Crippen molar-refractivity contribution in [2.24, 2.45) is 0 Å². The fourth-order valence-corrected chi connectivity index (χ4v) is 3.72. The molecule has 1 amide bonds. The zero-order valence-electron chi connectivity index (χ0n) is 17.7. The third-order valence-corrected chi connectivity index (χ3v) is 5.48. The molecule has 0 bridgehead atoms. The van der Waals surface area contributed by atoms with E-state index in [0.717, 1.165) is 12.3 Å². The third-order valence-electron chi connectivity index (χ3n) is 5.48. The van der Waals surface area contributed by atoms with Crippen LogP contribution in [-0.4, -0.2) is 71.5 Å². The number of hydrogen-bond donors (Lipinski definition) is 1. The van der Waals surface area contributed by atoms with E-state index in [9.17, 15) is 18.8 Å². The maximum absolute atomic E-state index is 14.2. The molecule has 1 N–H and O–H groups in total. The van der Waals surface area contributed by atoms with E-state index in [1.165, 1.54) is 40.4 Å².